The van der Waals surface area contributed by atoms with Gasteiger partial charge in [-0.25, -0.2) is 8.78 Å². The number of benzene rings is 1. The number of nitrogens with zero attached hydrogens (tertiary/aromatic N) is 1. The lowest BCUT2D eigenvalue weighted by Crippen LogP contribution is -2.49. The molecule has 1 fully saturated rings. The first kappa shape index (κ1) is 30.0. The lowest BCUT2D eigenvalue weighted by atomic mass is 9.94. The molecule has 2 amide bonds. The van der Waals surface area contributed by atoms with Crippen LogP contribution in [0.25, 0.3) is 0 Å². The summed E-state index contributed by atoms with van der Waals surface area (Å²) in [4.78, 5) is 51.9. The van der Waals surface area contributed by atoms with Gasteiger partial charge in [0, 0.05) is 31.0 Å². The van der Waals surface area contributed by atoms with Gasteiger partial charge < -0.3 is 19.7 Å². The molecule has 206 valence electrons. The molecule has 2 rings (SSSR count). The van der Waals surface area contributed by atoms with Crippen LogP contribution < -0.4 is 10.1 Å². The number of amides is 2. The maximum absolute atomic E-state index is 13.9. The molecular weight excluding hydrogens is 500 g/mol. The predicted molar refractivity (Wildman–Crippen MR) is 123 cm³/mol. The van der Waals surface area contributed by atoms with E-state index in [9.17, 15) is 36.7 Å². The average Bonchev–Trinajstić information content (AvgIpc) is 2.80. The summed E-state index contributed by atoms with van der Waals surface area (Å²) in [6.07, 6.45) is 0.0403. The van der Waals surface area contributed by atoms with E-state index in [2.05, 4.69) is 5.32 Å². The molecule has 1 N–H and O–H groups in total. The summed E-state index contributed by atoms with van der Waals surface area (Å²) in [5, 5.41) is 2.45. The van der Waals surface area contributed by atoms with Gasteiger partial charge >= 0.3 is 5.97 Å². The fourth-order valence-electron chi connectivity index (χ4n) is 3.73. The molecule has 0 radical (unpaired) electrons. The molecule has 0 saturated carbocycles. The number of carbonyl (C=O) groups is 4. The van der Waals surface area contributed by atoms with Gasteiger partial charge in [0.15, 0.2) is 23.2 Å². The number of ketones is 1. The van der Waals surface area contributed by atoms with Gasteiger partial charge in [0.2, 0.25) is 23.4 Å². The highest BCUT2D eigenvalue weighted by atomic mass is 19.2. The first-order valence-corrected chi connectivity index (χ1v) is 11.9. The van der Waals surface area contributed by atoms with Gasteiger partial charge in [-0.3, -0.25) is 19.2 Å². The smallest absolute Gasteiger partial charge is 0.308 e. The zero-order valence-electron chi connectivity index (χ0n) is 21.5. The number of Topliss-reactive ketones (excluding diaryl/α,β-unsaturated/α-hetero) is 1. The molecule has 0 bridgehead atoms. The Morgan fingerprint density at radius 1 is 1.03 bits per heavy atom. The van der Waals surface area contributed by atoms with Crippen LogP contribution in [-0.2, 0) is 23.9 Å². The number of hydrogen-bond acceptors (Lipinski definition) is 6. The fraction of sp³-hybridized carbons (Fsp3) is 0.600. The molecule has 1 heterocycles. The minimum atomic E-state index is -1.83. The molecule has 0 aromatic heterocycles. The van der Waals surface area contributed by atoms with Crippen molar-refractivity contribution < 1.29 is 46.2 Å². The van der Waals surface area contributed by atoms with Crippen LogP contribution >= 0.6 is 0 Å². The lowest BCUT2D eigenvalue weighted by molar-refractivity contribution is -0.156. The number of nitrogens with one attached hydrogen (secondary N) is 1. The standard InChI is InChI=1S/C25H32F4N2O6/c1-13(2)24(35)31-8-6-14(7-9-31)23(34)30-17(11-19(33)37-25(3,4)5)18(32)12-36-22-20(28)15(26)10-16(27)21(22)29/h10,13-14,17H,6-9,11-12H2,1-5H3,(H,30,34)/t17-/m0/s1. The van der Waals surface area contributed by atoms with Gasteiger partial charge in [-0.2, -0.15) is 8.78 Å². The number of halogens is 4. The Bertz CT molecular complexity index is 1010. The highest BCUT2D eigenvalue weighted by Gasteiger charge is 2.33. The van der Waals surface area contributed by atoms with Crippen molar-refractivity contribution in [1.29, 1.82) is 0 Å². The number of ether oxygens (including phenoxy) is 2. The summed E-state index contributed by atoms with van der Waals surface area (Å²) in [7, 11) is 0. The number of hydrogen-bond donors (Lipinski definition) is 1. The zero-order valence-corrected chi connectivity index (χ0v) is 21.5. The third kappa shape index (κ3) is 8.43. The lowest BCUT2D eigenvalue weighted by Gasteiger charge is -2.33. The highest BCUT2D eigenvalue weighted by molar-refractivity contribution is 5.93. The van der Waals surface area contributed by atoms with Crippen LogP contribution in [0.15, 0.2) is 6.07 Å². The third-order valence-electron chi connectivity index (χ3n) is 5.60. The summed E-state index contributed by atoms with van der Waals surface area (Å²) in [6, 6.07) is -1.51. The molecule has 8 nitrogen and oxygen atoms in total. The first-order valence-electron chi connectivity index (χ1n) is 11.9. The molecule has 0 aliphatic carbocycles. The maximum Gasteiger partial charge on any atom is 0.308 e. The minimum absolute atomic E-state index is 0.00902. The van der Waals surface area contributed by atoms with Gasteiger partial charge in [-0.05, 0) is 33.6 Å². The van der Waals surface area contributed by atoms with Gasteiger partial charge in [0.05, 0.1) is 6.42 Å². The molecule has 1 aromatic carbocycles. The van der Waals surface area contributed by atoms with Crippen LogP contribution in [0.2, 0.25) is 0 Å². The molecule has 12 heteroatoms. The van der Waals surface area contributed by atoms with Crippen molar-refractivity contribution in [3.63, 3.8) is 0 Å². The second kappa shape index (κ2) is 12.4. The van der Waals surface area contributed by atoms with Crippen molar-refractivity contribution in [2.75, 3.05) is 19.7 Å². The van der Waals surface area contributed by atoms with Crippen molar-refractivity contribution >= 4 is 23.6 Å². The molecule has 1 atom stereocenters. The molecule has 1 aromatic rings. The van der Waals surface area contributed by atoms with Gasteiger partial charge in [-0.15, -0.1) is 0 Å². The van der Waals surface area contributed by atoms with E-state index < -0.39 is 77.3 Å². The molecule has 0 spiro atoms. The van der Waals surface area contributed by atoms with E-state index in [1.54, 1.807) is 39.5 Å². The Kier molecular flexibility index (Phi) is 10.0. The van der Waals surface area contributed by atoms with Crippen molar-refractivity contribution in [2.45, 2.75) is 65.5 Å². The van der Waals surface area contributed by atoms with Gasteiger partial charge in [-0.1, -0.05) is 13.8 Å². The third-order valence-corrected chi connectivity index (χ3v) is 5.60. The number of esters is 1. The SMILES string of the molecule is CC(C)C(=O)N1CCC(C(=O)N[C@@H](CC(=O)OC(C)(C)C)C(=O)COc2c(F)c(F)cc(F)c2F)CC1. The molecule has 37 heavy (non-hydrogen) atoms. The Labute approximate surface area is 212 Å². The van der Waals surface area contributed by atoms with Crippen molar-refractivity contribution in [3.05, 3.63) is 29.3 Å². The Morgan fingerprint density at radius 2 is 1.57 bits per heavy atom. The number of likely N-dealkylation sites (tertiary alicyclic amines) is 1. The van der Waals surface area contributed by atoms with Crippen LogP contribution in [0.3, 0.4) is 0 Å². The molecular formula is C25H32F4N2O6. The second-order valence-electron chi connectivity index (χ2n) is 10.2. The van der Waals surface area contributed by atoms with E-state index in [-0.39, 0.29) is 17.9 Å². The minimum Gasteiger partial charge on any atom is -0.479 e. The number of carbonyl (C=O) groups excluding carboxylic acids is 4. The van der Waals surface area contributed by atoms with Crippen LogP contribution in [0.4, 0.5) is 17.6 Å². The summed E-state index contributed by atoms with van der Waals surface area (Å²) >= 11 is 0. The van der Waals surface area contributed by atoms with E-state index in [1.165, 1.54) is 0 Å². The van der Waals surface area contributed by atoms with Crippen LogP contribution in [0, 0.1) is 35.1 Å². The first-order chi connectivity index (χ1) is 17.1. The van der Waals surface area contributed by atoms with E-state index in [1.807, 2.05) is 0 Å². The quantitative estimate of drug-likeness (QED) is 0.298. The maximum atomic E-state index is 13.9. The van der Waals surface area contributed by atoms with Crippen molar-refractivity contribution in [3.8, 4) is 5.75 Å². The van der Waals surface area contributed by atoms with Crippen LogP contribution in [-0.4, -0.2) is 59.8 Å². The predicted octanol–water partition coefficient (Wildman–Crippen LogP) is 3.30. The van der Waals surface area contributed by atoms with Gasteiger partial charge in [0.25, 0.3) is 0 Å². The van der Waals surface area contributed by atoms with Crippen LogP contribution in [0.5, 0.6) is 5.75 Å². The number of rotatable bonds is 9. The van der Waals surface area contributed by atoms with Gasteiger partial charge in [0.1, 0.15) is 18.2 Å². The topological polar surface area (TPSA) is 102 Å². The second-order valence-corrected chi connectivity index (χ2v) is 10.2. The highest BCUT2D eigenvalue weighted by Crippen LogP contribution is 2.26. The molecule has 1 saturated heterocycles. The Balaban J connectivity index is 2.12. The fourth-order valence-corrected chi connectivity index (χ4v) is 3.73. The summed E-state index contributed by atoms with van der Waals surface area (Å²) in [5.41, 5.74) is -0.897. The monoisotopic (exact) mass is 532 g/mol. The summed E-state index contributed by atoms with van der Waals surface area (Å²) in [6.45, 7) is 7.92. The van der Waals surface area contributed by atoms with E-state index >= 15 is 0 Å². The van der Waals surface area contributed by atoms with Crippen LogP contribution in [0.1, 0.15) is 53.9 Å². The average molecular weight is 533 g/mol. The summed E-state index contributed by atoms with van der Waals surface area (Å²) < 4.78 is 64.6. The van der Waals surface area contributed by atoms with E-state index in [4.69, 9.17) is 9.47 Å². The number of piperidine rings is 1. The Hall–Kier alpha value is -3.18. The molecule has 1 aliphatic heterocycles. The normalized spacial score (nSPS) is 15.4. The van der Waals surface area contributed by atoms with Crippen molar-refractivity contribution in [1.82, 2.24) is 10.2 Å². The summed E-state index contributed by atoms with van der Waals surface area (Å²) in [5.74, 6) is -11.7. The van der Waals surface area contributed by atoms with E-state index in [0.29, 0.717) is 25.9 Å². The zero-order chi connectivity index (χ0) is 28.1. The molecule has 1 aliphatic rings. The van der Waals surface area contributed by atoms with E-state index in [0.717, 1.165) is 0 Å². The molecule has 0 unspecified atom stereocenters. The largest absolute Gasteiger partial charge is 0.479 e. The Morgan fingerprint density at radius 3 is 2.05 bits per heavy atom. The van der Waals surface area contributed by atoms with Crippen molar-refractivity contribution in [2.24, 2.45) is 11.8 Å².